The van der Waals surface area contributed by atoms with E-state index in [1.165, 1.54) is 4.31 Å². The van der Waals surface area contributed by atoms with Gasteiger partial charge in [-0.05, 0) is 38.5 Å². The number of hydrogen-bond acceptors (Lipinski definition) is 4. The van der Waals surface area contributed by atoms with E-state index in [1.54, 1.807) is 6.92 Å². The van der Waals surface area contributed by atoms with Crippen molar-refractivity contribution in [3.8, 4) is 0 Å². The number of piperidine rings is 2. The summed E-state index contributed by atoms with van der Waals surface area (Å²) in [6, 6.07) is 0. The number of likely N-dealkylation sites (tertiary alicyclic amines) is 1. The Balaban J connectivity index is 1.81. The molecule has 0 aromatic rings. The van der Waals surface area contributed by atoms with Crippen molar-refractivity contribution >= 4 is 21.9 Å². The summed E-state index contributed by atoms with van der Waals surface area (Å²) in [5.74, 6) is -0.517. The van der Waals surface area contributed by atoms with Crippen LogP contribution < -0.4 is 0 Å². The summed E-state index contributed by atoms with van der Waals surface area (Å²) in [5, 5.41) is 8.82. The third-order valence-electron chi connectivity index (χ3n) is 4.95. The summed E-state index contributed by atoms with van der Waals surface area (Å²) in [4.78, 5) is 25.1. The fourth-order valence-corrected chi connectivity index (χ4v) is 4.56. The van der Waals surface area contributed by atoms with Crippen LogP contribution in [0, 0.1) is 11.8 Å². The second kappa shape index (κ2) is 7.61. The molecule has 0 aliphatic carbocycles. The molecule has 1 amide bonds. The van der Waals surface area contributed by atoms with Crippen molar-refractivity contribution in [3.05, 3.63) is 0 Å². The topological polar surface area (TPSA) is 95.0 Å². The first-order valence-electron chi connectivity index (χ1n) is 8.32. The quantitative estimate of drug-likeness (QED) is 0.793. The second-order valence-corrected chi connectivity index (χ2v) is 8.70. The number of sulfonamides is 1. The molecule has 2 aliphatic heterocycles. The highest BCUT2D eigenvalue weighted by molar-refractivity contribution is 7.89. The van der Waals surface area contributed by atoms with Gasteiger partial charge in [0, 0.05) is 38.5 Å². The van der Waals surface area contributed by atoms with Crippen LogP contribution >= 0.6 is 0 Å². The number of hydrogen-bond donors (Lipinski definition) is 1. The Hall–Kier alpha value is -1.15. The minimum absolute atomic E-state index is 0.0999. The standard InChI is InChI=1S/C15H26N2O5S/c1-2-23(21,22)17-9-5-13(6-10-17)15(20)16-7-3-12(4-8-16)11-14(18)19/h12-13H,2-11H2,1H3,(H,18,19). The highest BCUT2D eigenvalue weighted by atomic mass is 32.2. The SMILES string of the molecule is CCS(=O)(=O)N1CCC(C(=O)N2CCC(CC(=O)O)CC2)CC1. The Morgan fingerprint density at radius 1 is 1.04 bits per heavy atom. The predicted molar refractivity (Wildman–Crippen MR) is 85.3 cm³/mol. The number of aliphatic carboxylic acids is 1. The van der Waals surface area contributed by atoms with Gasteiger partial charge >= 0.3 is 5.97 Å². The van der Waals surface area contributed by atoms with E-state index < -0.39 is 16.0 Å². The smallest absolute Gasteiger partial charge is 0.303 e. The van der Waals surface area contributed by atoms with Gasteiger partial charge < -0.3 is 10.0 Å². The second-order valence-electron chi connectivity index (χ2n) is 6.44. The maximum absolute atomic E-state index is 12.5. The third-order valence-corrected chi connectivity index (χ3v) is 6.83. The Kier molecular flexibility index (Phi) is 6.02. The fraction of sp³-hybridized carbons (Fsp3) is 0.867. The Labute approximate surface area is 137 Å². The number of carbonyl (C=O) groups excluding carboxylic acids is 1. The Morgan fingerprint density at radius 3 is 2.09 bits per heavy atom. The number of rotatable bonds is 5. The van der Waals surface area contributed by atoms with Gasteiger partial charge in [0.2, 0.25) is 15.9 Å². The summed E-state index contributed by atoms with van der Waals surface area (Å²) in [7, 11) is -3.16. The van der Waals surface area contributed by atoms with Gasteiger partial charge in [0.05, 0.1) is 5.75 Å². The maximum atomic E-state index is 12.5. The molecule has 0 bridgehead atoms. The lowest BCUT2D eigenvalue weighted by atomic mass is 9.91. The first-order valence-corrected chi connectivity index (χ1v) is 9.92. The van der Waals surface area contributed by atoms with Crippen LogP contribution in [-0.4, -0.2) is 66.5 Å². The molecule has 2 saturated heterocycles. The highest BCUT2D eigenvalue weighted by Crippen LogP contribution is 2.26. The van der Waals surface area contributed by atoms with Crippen LogP contribution in [0.1, 0.15) is 39.0 Å². The molecule has 1 N–H and O–H groups in total. The monoisotopic (exact) mass is 346 g/mol. The zero-order valence-electron chi connectivity index (χ0n) is 13.6. The normalized spacial score (nSPS) is 22.2. The molecule has 132 valence electrons. The lowest BCUT2D eigenvalue weighted by molar-refractivity contribution is -0.140. The number of carbonyl (C=O) groups is 2. The lowest BCUT2D eigenvalue weighted by Gasteiger charge is -2.36. The summed E-state index contributed by atoms with van der Waals surface area (Å²) < 4.78 is 25.2. The van der Waals surface area contributed by atoms with Gasteiger partial charge in [-0.1, -0.05) is 0 Å². The Bertz CT molecular complexity index is 532. The molecule has 23 heavy (non-hydrogen) atoms. The zero-order chi connectivity index (χ0) is 17.0. The van der Waals surface area contributed by atoms with Gasteiger partial charge in [-0.25, -0.2) is 12.7 Å². The molecule has 7 nitrogen and oxygen atoms in total. The van der Waals surface area contributed by atoms with Crippen molar-refractivity contribution in [2.24, 2.45) is 11.8 Å². The van der Waals surface area contributed by atoms with Crippen LogP contribution in [-0.2, 0) is 19.6 Å². The third kappa shape index (κ3) is 4.67. The van der Waals surface area contributed by atoms with Gasteiger partial charge in [-0.2, -0.15) is 0 Å². The average molecular weight is 346 g/mol. The number of amides is 1. The minimum Gasteiger partial charge on any atom is -0.481 e. The van der Waals surface area contributed by atoms with Crippen molar-refractivity contribution in [1.82, 2.24) is 9.21 Å². The first kappa shape index (κ1) is 18.2. The van der Waals surface area contributed by atoms with Gasteiger partial charge in [0.1, 0.15) is 0 Å². The molecule has 2 fully saturated rings. The maximum Gasteiger partial charge on any atom is 0.303 e. The van der Waals surface area contributed by atoms with Gasteiger partial charge in [0.25, 0.3) is 0 Å². The summed E-state index contributed by atoms with van der Waals surface area (Å²) in [6.07, 6.45) is 2.80. The molecule has 0 saturated carbocycles. The fourth-order valence-electron chi connectivity index (χ4n) is 3.43. The van der Waals surface area contributed by atoms with Gasteiger partial charge in [-0.3, -0.25) is 9.59 Å². The van der Waals surface area contributed by atoms with Crippen LogP contribution in [0.2, 0.25) is 0 Å². The number of carboxylic acid groups (broad SMARTS) is 1. The molecule has 2 heterocycles. The molecule has 0 radical (unpaired) electrons. The molecular weight excluding hydrogens is 320 g/mol. The van der Waals surface area contributed by atoms with Crippen molar-refractivity contribution in [3.63, 3.8) is 0 Å². The van der Waals surface area contributed by atoms with E-state index >= 15 is 0 Å². The molecular formula is C15H26N2O5S. The summed E-state index contributed by atoms with van der Waals surface area (Å²) in [6.45, 7) is 3.70. The van der Waals surface area contributed by atoms with Crippen molar-refractivity contribution < 1.29 is 23.1 Å². The van der Waals surface area contributed by atoms with Gasteiger partial charge in [-0.15, -0.1) is 0 Å². The summed E-state index contributed by atoms with van der Waals surface area (Å²) >= 11 is 0. The van der Waals surface area contributed by atoms with E-state index in [2.05, 4.69) is 0 Å². The van der Waals surface area contributed by atoms with E-state index in [9.17, 15) is 18.0 Å². The first-order chi connectivity index (χ1) is 10.8. The van der Waals surface area contributed by atoms with Crippen LogP contribution in [0.3, 0.4) is 0 Å². The van der Waals surface area contributed by atoms with E-state index in [1.807, 2.05) is 4.90 Å². The van der Waals surface area contributed by atoms with Crippen LogP contribution in [0.5, 0.6) is 0 Å². The van der Waals surface area contributed by atoms with E-state index in [0.29, 0.717) is 39.0 Å². The van der Waals surface area contributed by atoms with Crippen LogP contribution in [0.15, 0.2) is 0 Å². The van der Waals surface area contributed by atoms with Crippen molar-refractivity contribution in [2.75, 3.05) is 31.9 Å². The molecule has 2 rings (SSSR count). The van der Waals surface area contributed by atoms with Gasteiger partial charge in [0.15, 0.2) is 0 Å². The predicted octanol–water partition coefficient (Wildman–Crippen LogP) is 0.761. The zero-order valence-corrected chi connectivity index (χ0v) is 14.4. The Morgan fingerprint density at radius 2 is 1.61 bits per heavy atom. The molecule has 2 aliphatic rings. The molecule has 0 unspecified atom stereocenters. The van der Waals surface area contributed by atoms with Crippen molar-refractivity contribution in [2.45, 2.75) is 39.0 Å². The summed E-state index contributed by atoms with van der Waals surface area (Å²) in [5.41, 5.74) is 0. The van der Waals surface area contributed by atoms with E-state index in [-0.39, 0.29) is 29.9 Å². The molecule has 8 heteroatoms. The minimum atomic E-state index is -3.16. The number of carboxylic acids is 1. The largest absolute Gasteiger partial charge is 0.481 e. The lowest BCUT2D eigenvalue weighted by Crippen LogP contribution is -2.46. The van der Waals surface area contributed by atoms with Crippen LogP contribution in [0.25, 0.3) is 0 Å². The average Bonchev–Trinajstić information content (AvgIpc) is 2.54. The number of nitrogens with zero attached hydrogens (tertiary/aromatic N) is 2. The molecule has 0 atom stereocenters. The van der Waals surface area contributed by atoms with E-state index in [0.717, 1.165) is 12.8 Å². The highest BCUT2D eigenvalue weighted by Gasteiger charge is 2.33. The van der Waals surface area contributed by atoms with Crippen LogP contribution in [0.4, 0.5) is 0 Å². The molecule has 0 spiro atoms. The van der Waals surface area contributed by atoms with E-state index in [4.69, 9.17) is 5.11 Å². The molecule has 0 aromatic carbocycles. The van der Waals surface area contributed by atoms with Crippen molar-refractivity contribution in [1.29, 1.82) is 0 Å². The molecule has 0 aromatic heterocycles.